The van der Waals surface area contributed by atoms with Gasteiger partial charge >= 0.3 is 5.97 Å². The van der Waals surface area contributed by atoms with Crippen molar-refractivity contribution in [2.24, 2.45) is 0 Å². The first-order valence-corrected chi connectivity index (χ1v) is 5.81. The Bertz CT molecular complexity index is 263. The van der Waals surface area contributed by atoms with Crippen LogP contribution in [0.3, 0.4) is 0 Å². The third-order valence-corrected chi connectivity index (χ3v) is 2.93. The maximum Gasteiger partial charge on any atom is 0.333 e. The van der Waals surface area contributed by atoms with Crippen molar-refractivity contribution >= 4 is 5.97 Å². The summed E-state index contributed by atoms with van der Waals surface area (Å²) in [7, 11) is 1.41. The number of esters is 1. The summed E-state index contributed by atoms with van der Waals surface area (Å²) < 4.78 is 10.1. The number of hydrogen-bond acceptors (Lipinski definition) is 4. The second-order valence-corrected chi connectivity index (χ2v) is 3.95. The molecule has 0 aliphatic carbocycles. The Labute approximate surface area is 97.0 Å². The van der Waals surface area contributed by atoms with Crippen LogP contribution < -0.4 is 5.32 Å². The average Bonchev–Trinajstić information content (AvgIpc) is 2.69. The zero-order valence-corrected chi connectivity index (χ0v) is 10.3. The fourth-order valence-electron chi connectivity index (χ4n) is 1.84. The second kappa shape index (κ2) is 6.66. The maximum absolute atomic E-state index is 11.3. The van der Waals surface area contributed by atoms with Gasteiger partial charge < -0.3 is 14.8 Å². The van der Waals surface area contributed by atoms with Crippen LogP contribution in [0.4, 0.5) is 0 Å². The van der Waals surface area contributed by atoms with Gasteiger partial charge in [0, 0.05) is 24.8 Å². The lowest BCUT2D eigenvalue weighted by molar-refractivity contribution is -0.136. The molecule has 1 fully saturated rings. The predicted octanol–water partition coefficient (Wildman–Crippen LogP) is 1.26. The zero-order valence-electron chi connectivity index (χ0n) is 10.3. The van der Waals surface area contributed by atoms with Crippen LogP contribution in [-0.4, -0.2) is 38.4 Å². The van der Waals surface area contributed by atoms with Crippen molar-refractivity contribution < 1.29 is 14.3 Å². The van der Waals surface area contributed by atoms with Crippen molar-refractivity contribution in [2.75, 3.05) is 20.3 Å². The van der Waals surface area contributed by atoms with Crippen LogP contribution in [0, 0.1) is 0 Å². The van der Waals surface area contributed by atoms with Gasteiger partial charge in [0.1, 0.15) is 0 Å². The summed E-state index contributed by atoms with van der Waals surface area (Å²) in [5.41, 5.74) is 0.724. The number of methoxy groups -OCH3 is 1. The monoisotopic (exact) mass is 227 g/mol. The molecule has 1 heterocycles. The van der Waals surface area contributed by atoms with E-state index in [-0.39, 0.29) is 12.1 Å². The van der Waals surface area contributed by atoms with E-state index in [4.69, 9.17) is 4.74 Å². The van der Waals surface area contributed by atoms with E-state index < -0.39 is 0 Å². The van der Waals surface area contributed by atoms with Crippen LogP contribution >= 0.6 is 0 Å². The number of hydrogen-bond donors (Lipinski definition) is 1. The van der Waals surface area contributed by atoms with E-state index in [9.17, 15) is 4.79 Å². The molecule has 1 saturated heterocycles. The molecule has 4 heteroatoms. The molecule has 0 saturated carbocycles. The van der Waals surface area contributed by atoms with Crippen LogP contribution in [0.5, 0.6) is 0 Å². The van der Waals surface area contributed by atoms with Crippen molar-refractivity contribution in [2.45, 2.75) is 38.8 Å². The van der Waals surface area contributed by atoms with Crippen LogP contribution in [0.25, 0.3) is 0 Å². The SMILES string of the molecule is CCC(=CCNC1CCOC1C)C(=O)OC. The fourth-order valence-corrected chi connectivity index (χ4v) is 1.84. The predicted molar refractivity (Wildman–Crippen MR) is 62.2 cm³/mol. The highest BCUT2D eigenvalue weighted by atomic mass is 16.5. The van der Waals surface area contributed by atoms with Gasteiger partial charge in [-0.25, -0.2) is 4.79 Å². The Balaban J connectivity index is 2.36. The Morgan fingerprint density at radius 3 is 2.88 bits per heavy atom. The molecule has 0 amide bonds. The summed E-state index contributed by atoms with van der Waals surface area (Å²) in [5, 5.41) is 3.37. The smallest absolute Gasteiger partial charge is 0.333 e. The average molecular weight is 227 g/mol. The topological polar surface area (TPSA) is 47.6 Å². The normalized spacial score (nSPS) is 25.8. The van der Waals surface area contributed by atoms with Crippen LogP contribution in [-0.2, 0) is 14.3 Å². The Morgan fingerprint density at radius 1 is 1.62 bits per heavy atom. The molecule has 92 valence electrons. The quantitative estimate of drug-likeness (QED) is 0.567. The van der Waals surface area contributed by atoms with Gasteiger partial charge in [0.2, 0.25) is 0 Å². The molecule has 0 radical (unpaired) electrons. The molecule has 0 aromatic heterocycles. The van der Waals surface area contributed by atoms with Gasteiger partial charge in [-0.15, -0.1) is 0 Å². The molecule has 1 rings (SSSR count). The van der Waals surface area contributed by atoms with Crippen molar-refractivity contribution in [1.29, 1.82) is 0 Å². The maximum atomic E-state index is 11.3. The van der Waals surface area contributed by atoms with Crippen molar-refractivity contribution in [3.63, 3.8) is 0 Å². The van der Waals surface area contributed by atoms with E-state index in [1.807, 2.05) is 13.0 Å². The minimum Gasteiger partial charge on any atom is -0.466 e. The van der Waals surface area contributed by atoms with E-state index in [1.165, 1.54) is 7.11 Å². The minimum absolute atomic E-state index is 0.236. The van der Waals surface area contributed by atoms with Crippen LogP contribution in [0.1, 0.15) is 26.7 Å². The standard InChI is InChI=1S/C12H21NO3/c1-4-10(12(14)15-3)5-7-13-11-6-8-16-9(11)2/h5,9,11,13H,4,6-8H2,1-3H3. The lowest BCUT2D eigenvalue weighted by atomic mass is 10.1. The summed E-state index contributed by atoms with van der Waals surface area (Å²) in [6.07, 6.45) is 3.90. The molecule has 0 aromatic carbocycles. The molecule has 2 atom stereocenters. The van der Waals surface area contributed by atoms with Crippen LogP contribution in [0.2, 0.25) is 0 Å². The summed E-state index contributed by atoms with van der Waals surface area (Å²) in [6, 6.07) is 0.395. The Kier molecular flexibility index (Phi) is 5.49. The van der Waals surface area contributed by atoms with E-state index in [0.717, 1.165) is 18.6 Å². The number of carbonyl (C=O) groups excluding carboxylic acids is 1. The number of rotatable bonds is 5. The zero-order chi connectivity index (χ0) is 12.0. The van der Waals surface area contributed by atoms with E-state index >= 15 is 0 Å². The first-order chi connectivity index (χ1) is 7.69. The van der Waals surface area contributed by atoms with Gasteiger partial charge in [-0.2, -0.15) is 0 Å². The molecular formula is C12H21NO3. The molecule has 1 N–H and O–H groups in total. The van der Waals surface area contributed by atoms with Gasteiger partial charge in [0.25, 0.3) is 0 Å². The Hall–Kier alpha value is -0.870. The minimum atomic E-state index is -0.236. The fraction of sp³-hybridized carbons (Fsp3) is 0.750. The molecule has 2 unspecified atom stereocenters. The number of carbonyl (C=O) groups is 1. The summed E-state index contributed by atoms with van der Waals surface area (Å²) in [5.74, 6) is -0.236. The molecule has 4 nitrogen and oxygen atoms in total. The second-order valence-electron chi connectivity index (χ2n) is 3.95. The summed E-state index contributed by atoms with van der Waals surface area (Å²) in [6.45, 7) is 5.52. The largest absolute Gasteiger partial charge is 0.466 e. The van der Waals surface area contributed by atoms with Gasteiger partial charge in [0.15, 0.2) is 0 Å². The molecular weight excluding hydrogens is 206 g/mol. The molecule has 0 bridgehead atoms. The molecule has 1 aliphatic heterocycles. The highest BCUT2D eigenvalue weighted by Gasteiger charge is 2.22. The van der Waals surface area contributed by atoms with E-state index in [2.05, 4.69) is 17.0 Å². The van der Waals surface area contributed by atoms with Gasteiger partial charge in [-0.1, -0.05) is 13.0 Å². The molecule has 16 heavy (non-hydrogen) atoms. The molecule has 0 spiro atoms. The number of nitrogens with one attached hydrogen (secondary N) is 1. The third kappa shape index (κ3) is 3.61. The Morgan fingerprint density at radius 2 is 2.38 bits per heavy atom. The van der Waals surface area contributed by atoms with Crippen LogP contribution in [0.15, 0.2) is 11.6 Å². The van der Waals surface area contributed by atoms with Crippen molar-refractivity contribution in [1.82, 2.24) is 5.32 Å². The summed E-state index contributed by atoms with van der Waals surface area (Å²) in [4.78, 5) is 11.3. The molecule has 1 aliphatic rings. The van der Waals surface area contributed by atoms with Gasteiger partial charge in [-0.3, -0.25) is 0 Å². The van der Waals surface area contributed by atoms with Gasteiger partial charge in [-0.05, 0) is 19.8 Å². The first kappa shape index (κ1) is 13.2. The van der Waals surface area contributed by atoms with E-state index in [1.54, 1.807) is 0 Å². The highest BCUT2D eigenvalue weighted by molar-refractivity contribution is 5.88. The van der Waals surface area contributed by atoms with Gasteiger partial charge in [0.05, 0.1) is 13.2 Å². The lowest BCUT2D eigenvalue weighted by Crippen LogP contribution is -2.34. The van der Waals surface area contributed by atoms with Crippen molar-refractivity contribution in [3.8, 4) is 0 Å². The first-order valence-electron chi connectivity index (χ1n) is 5.81. The van der Waals surface area contributed by atoms with E-state index in [0.29, 0.717) is 19.0 Å². The highest BCUT2D eigenvalue weighted by Crippen LogP contribution is 2.12. The third-order valence-electron chi connectivity index (χ3n) is 2.93. The summed E-state index contributed by atoms with van der Waals surface area (Å²) >= 11 is 0. The van der Waals surface area contributed by atoms with Crippen molar-refractivity contribution in [3.05, 3.63) is 11.6 Å². The number of ether oxygens (including phenoxy) is 2. The molecule has 0 aromatic rings. The lowest BCUT2D eigenvalue weighted by Gasteiger charge is -2.14.